The lowest BCUT2D eigenvalue weighted by atomic mass is 10.1. The fourth-order valence-corrected chi connectivity index (χ4v) is 1.63. The molecule has 0 aliphatic rings. The molecule has 0 spiro atoms. The molecule has 2 aromatic rings. The predicted molar refractivity (Wildman–Crippen MR) is 66.9 cm³/mol. The van der Waals surface area contributed by atoms with Crippen LogP contribution in [0.2, 0.25) is 0 Å². The van der Waals surface area contributed by atoms with E-state index in [4.69, 9.17) is 10.00 Å². The first-order valence-corrected chi connectivity index (χ1v) is 5.78. The molecule has 0 unspecified atom stereocenters. The van der Waals surface area contributed by atoms with Crippen molar-refractivity contribution in [3.05, 3.63) is 65.2 Å². The first-order chi connectivity index (χ1) is 9.49. The maximum absolute atomic E-state index is 12.5. The van der Waals surface area contributed by atoms with Crippen LogP contribution in [0.1, 0.15) is 16.7 Å². The summed E-state index contributed by atoms with van der Waals surface area (Å²) in [7, 11) is 0. The summed E-state index contributed by atoms with van der Waals surface area (Å²) in [6.45, 7) is 0.0375. The summed E-state index contributed by atoms with van der Waals surface area (Å²) in [5.74, 6) is 0.501. The Hall–Kier alpha value is -2.48. The first kappa shape index (κ1) is 13.9. The number of hydrogen-bond donors (Lipinski definition) is 0. The van der Waals surface area contributed by atoms with Crippen molar-refractivity contribution in [3.63, 3.8) is 0 Å². The molecule has 2 nitrogen and oxygen atoms in total. The van der Waals surface area contributed by atoms with Crippen LogP contribution in [0.4, 0.5) is 13.2 Å². The Morgan fingerprint density at radius 3 is 2.35 bits per heavy atom. The second-order valence-corrected chi connectivity index (χ2v) is 4.12. The maximum atomic E-state index is 12.5. The number of benzene rings is 2. The Balaban J connectivity index is 2.05. The van der Waals surface area contributed by atoms with Gasteiger partial charge in [-0.25, -0.2) is 0 Å². The van der Waals surface area contributed by atoms with Crippen LogP contribution in [0.15, 0.2) is 48.5 Å². The van der Waals surface area contributed by atoms with Crippen molar-refractivity contribution < 1.29 is 17.9 Å². The van der Waals surface area contributed by atoms with Crippen molar-refractivity contribution in [2.24, 2.45) is 0 Å². The van der Waals surface area contributed by atoms with Gasteiger partial charge in [-0.05, 0) is 42.0 Å². The van der Waals surface area contributed by atoms with E-state index in [1.54, 1.807) is 30.3 Å². The van der Waals surface area contributed by atoms with E-state index in [2.05, 4.69) is 0 Å². The maximum Gasteiger partial charge on any atom is 0.416 e. The van der Waals surface area contributed by atoms with Crippen LogP contribution < -0.4 is 4.74 Å². The third kappa shape index (κ3) is 3.51. The summed E-state index contributed by atoms with van der Waals surface area (Å²) in [6.07, 6.45) is -4.36. The molecule has 0 aliphatic carbocycles. The third-order valence-electron chi connectivity index (χ3n) is 2.64. The van der Waals surface area contributed by atoms with Crippen LogP contribution in [0, 0.1) is 11.3 Å². The van der Waals surface area contributed by atoms with Crippen molar-refractivity contribution in [3.8, 4) is 11.8 Å². The van der Waals surface area contributed by atoms with Gasteiger partial charge in [0.1, 0.15) is 12.4 Å². The SMILES string of the molecule is N#Cc1ccc(OCc2cccc(C(F)(F)F)c2)cc1. The molecule has 0 saturated heterocycles. The van der Waals surface area contributed by atoms with Crippen LogP contribution >= 0.6 is 0 Å². The molecule has 20 heavy (non-hydrogen) atoms. The number of nitrogens with zero attached hydrogens (tertiary/aromatic N) is 1. The molecule has 0 radical (unpaired) electrons. The fourth-order valence-electron chi connectivity index (χ4n) is 1.63. The number of hydrogen-bond acceptors (Lipinski definition) is 2. The van der Waals surface area contributed by atoms with E-state index < -0.39 is 11.7 Å². The Morgan fingerprint density at radius 1 is 1.05 bits per heavy atom. The summed E-state index contributed by atoms with van der Waals surface area (Å²) >= 11 is 0. The zero-order valence-electron chi connectivity index (χ0n) is 10.3. The molecule has 0 heterocycles. The van der Waals surface area contributed by atoms with Crippen LogP contribution in [-0.2, 0) is 12.8 Å². The monoisotopic (exact) mass is 277 g/mol. The molecule has 0 saturated carbocycles. The van der Waals surface area contributed by atoms with Crippen molar-refractivity contribution in [1.29, 1.82) is 5.26 Å². The van der Waals surface area contributed by atoms with Gasteiger partial charge in [-0.1, -0.05) is 12.1 Å². The Bertz CT molecular complexity index is 627. The summed E-state index contributed by atoms with van der Waals surface area (Å²) in [5, 5.41) is 8.65. The molecule has 2 rings (SSSR count). The fraction of sp³-hybridized carbons (Fsp3) is 0.133. The molecule has 0 amide bonds. The molecule has 0 bridgehead atoms. The molecular formula is C15H10F3NO. The van der Waals surface area contributed by atoms with E-state index in [0.717, 1.165) is 12.1 Å². The molecule has 5 heteroatoms. The Morgan fingerprint density at radius 2 is 1.75 bits per heavy atom. The van der Waals surface area contributed by atoms with E-state index in [0.29, 0.717) is 16.9 Å². The standard InChI is InChI=1S/C15H10F3NO/c16-15(17,18)13-3-1-2-12(8-13)10-20-14-6-4-11(9-19)5-7-14/h1-8H,10H2. The first-order valence-electron chi connectivity index (χ1n) is 5.78. The smallest absolute Gasteiger partial charge is 0.416 e. The molecule has 0 aromatic heterocycles. The highest BCUT2D eigenvalue weighted by molar-refractivity contribution is 5.34. The highest BCUT2D eigenvalue weighted by atomic mass is 19.4. The topological polar surface area (TPSA) is 33.0 Å². The van der Waals surface area contributed by atoms with E-state index in [-0.39, 0.29) is 6.61 Å². The zero-order chi connectivity index (χ0) is 14.6. The van der Waals surface area contributed by atoms with Gasteiger partial charge in [0, 0.05) is 0 Å². The summed E-state index contributed by atoms with van der Waals surface area (Å²) < 4.78 is 43.0. The van der Waals surface area contributed by atoms with Crippen LogP contribution in [0.5, 0.6) is 5.75 Å². The average molecular weight is 277 g/mol. The molecule has 0 aliphatic heterocycles. The van der Waals surface area contributed by atoms with Crippen molar-refractivity contribution >= 4 is 0 Å². The van der Waals surface area contributed by atoms with Crippen molar-refractivity contribution in [2.75, 3.05) is 0 Å². The van der Waals surface area contributed by atoms with Gasteiger partial charge in [-0.2, -0.15) is 18.4 Å². The highest BCUT2D eigenvalue weighted by Crippen LogP contribution is 2.29. The van der Waals surface area contributed by atoms with Gasteiger partial charge in [0.2, 0.25) is 0 Å². The zero-order valence-corrected chi connectivity index (χ0v) is 10.3. The Kier molecular flexibility index (Phi) is 3.94. The summed E-state index contributed by atoms with van der Waals surface area (Å²) in [6, 6.07) is 13.3. The largest absolute Gasteiger partial charge is 0.489 e. The highest BCUT2D eigenvalue weighted by Gasteiger charge is 2.30. The van der Waals surface area contributed by atoms with Gasteiger partial charge in [0.25, 0.3) is 0 Å². The minimum Gasteiger partial charge on any atom is -0.489 e. The number of nitriles is 1. The lowest BCUT2D eigenvalue weighted by Crippen LogP contribution is -2.06. The van der Waals surface area contributed by atoms with Crippen molar-refractivity contribution in [1.82, 2.24) is 0 Å². The number of ether oxygens (including phenoxy) is 1. The number of rotatable bonds is 3. The van der Waals surface area contributed by atoms with Gasteiger partial charge in [-0.15, -0.1) is 0 Å². The normalized spacial score (nSPS) is 10.9. The van der Waals surface area contributed by atoms with Crippen molar-refractivity contribution in [2.45, 2.75) is 12.8 Å². The van der Waals surface area contributed by atoms with Crippen LogP contribution in [0.3, 0.4) is 0 Å². The molecule has 2 aromatic carbocycles. The molecule has 102 valence electrons. The average Bonchev–Trinajstić information content (AvgIpc) is 2.45. The molecular weight excluding hydrogens is 267 g/mol. The van der Waals surface area contributed by atoms with Crippen LogP contribution in [-0.4, -0.2) is 0 Å². The van der Waals surface area contributed by atoms with Gasteiger partial charge in [0.15, 0.2) is 0 Å². The van der Waals surface area contributed by atoms with E-state index in [1.165, 1.54) is 6.07 Å². The minimum atomic E-state index is -4.36. The van der Waals surface area contributed by atoms with E-state index >= 15 is 0 Å². The quantitative estimate of drug-likeness (QED) is 0.844. The third-order valence-corrected chi connectivity index (χ3v) is 2.64. The minimum absolute atomic E-state index is 0.0375. The second-order valence-electron chi connectivity index (χ2n) is 4.12. The summed E-state index contributed by atoms with van der Waals surface area (Å²) in [5.41, 5.74) is 0.235. The Labute approximate surface area is 114 Å². The molecule has 0 fully saturated rings. The molecule has 0 atom stereocenters. The number of halogens is 3. The van der Waals surface area contributed by atoms with E-state index in [1.807, 2.05) is 6.07 Å². The predicted octanol–water partition coefficient (Wildman–Crippen LogP) is 4.16. The number of alkyl halides is 3. The van der Waals surface area contributed by atoms with Gasteiger partial charge in [0.05, 0.1) is 17.2 Å². The van der Waals surface area contributed by atoms with E-state index in [9.17, 15) is 13.2 Å². The summed E-state index contributed by atoms with van der Waals surface area (Å²) in [4.78, 5) is 0. The second kappa shape index (κ2) is 5.66. The van der Waals surface area contributed by atoms with Gasteiger partial charge >= 0.3 is 6.18 Å². The lowest BCUT2D eigenvalue weighted by molar-refractivity contribution is -0.137. The van der Waals surface area contributed by atoms with Gasteiger partial charge in [-0.3, -0.25) is 0 Å². The van der Waals surface area contributed by atoms with Crippen LogP contribution in [0.25, 0.3) is 0 Å². The lowest BCUT2D eigenvalue weighted by Gasteiger charge is -2.10. The van der Waals surface area contributed by atoms with Gasteiger partial charge < -0.3 is 4.74 Å². The molecule has 0 N–H and O–H groups in total.